The van der Waals surface area contributed by atoms with E-state index in [0.717, 1.165) is 6.42 Å². The molecule has 0 unspecified atom stereocenters. The topological polar surface area (TPSA) is 95.6 Å². The molecule has 0 spiro atoms. The van der Waals surface area contributed by atoms with Crippen molar-refractivity contribution in [2.45, 2.75) is 23.1 Å². The third kappa shape index (κ3) is 3.42. The van der Waals surface area contributed by atoms with Crippen molar-refractivity contribution in [3.05, 3.63) is 17.5 Å². The molecule has 1 aromatic heterocycles. The van der Waals surface area contributed by atoms with Crippen molar-refractivity contribution in [2.75, 3.05) is 20.1 Å². The van der Waals surface area contributed by atoms with E-state index in [1.807, 2.05) is 0 Å². The van der Waals surface area contributed by atoms with Crippen LogP contribution in [0.3, 0.4) is 0 Å². The van der Waals surface area contributed by atoms with E-state index >= 15 is 0 Å². The second-order valence-corrected chi connectivity index (χ2v) is 7.70. The summed E-state index contributed by atoms with van der Waals surface area (Å²) >= 11 is 1.17. The standard InChI is InChI=1S/C12H17N3O4S2/c1-13-11(16)12(17)14-8-9-4-2-6-15(9)21(18,19)10-5-3-7-20-10/h3,5,7,9H,2,4,6,8H2,1H3,(H,13,16)(H,14,17)/t9-/m1/s1. The van der Waals surface area contributed by atoms with Crippen LogP contribution in [-0.2, 0) is 19.6 Å². The van der Waals surface area contributed by atoms with Crippen molar-refractivity contribution in [1.29, 1.82) is 0 Å². The summed E-state index contributed by atoms with van der Waals surface area (Å²) in [6.07, 6.45) is 1.41. The van der Waals surface area contributed by atoms with Crippen LogP contribution >= 0.6 is 11.3 Å². The number of nitrogens with zero attached hydrogens (tertiary/aromatic N) is 1. The summed E-state index contributed by atoms with van der Waals surface area (Å²) < 4.78 is 26.7. The molecule has 0 aromatic carbocycles. The van der Waals surface area contributed by atoms with Crippen LogP contribution < -0.4 is 10.6 Å². The van der Waals surface area contributed by atoms with E-state index in [9.17, 15) is 18.0 Å². The molecule has 0 aliphatic carbocycles. The van der Waals surface area contributed by atoms with Gasteiger partial charge >= 0.3 is 11.8 Å². The van der Waals surface area contributed by atoms with Gasteiger partial charge in [-0.1, -0.05) is 6.07 Å². The Morgan fingerprint density at radius 3 is 2.81 bits per heavy atom. The van der Waals surface area contributed by atoms with Gasteiger partial charge < -0.3 is 10.6 Å². The molecular weight excluding hydrogens is 314 g/mol. The number of thiophene rings is 1. The van der Waals surface area contributed by atoms with E-state index in [-0.39, 0.29) is 12.6 Å². The van der Waals surface area contributed by atoms with Crippen LogP contribution in [0.4, 0.5) is 0 Å². The maximum Gasteiger partial charge on any atom is 0.309 e. The first-order valence-electron chi connectivity index (χ1n) is 6.52. The molecule has 1 aromatic rings. The van der Waals surface area contributed by atoms with Crippen molar-refractivity contribution in [3.63, 3.8) is 0 Å². The van der Waals surface area contributed by atoms with Gasteiger partial charge in [0.1, 0.15) is 4.21 Å². The molecule has 0 radical (unpaired) electrons. The van der Waals surface area contributed by atoms with Gasteiger partial charge in [0.05, 0.1) is 0 Å². The predicted octanol–water partition coefficient (Wildman–Crippen LogP) is -0.237. The van der Waals surface area contributed by atoms with Crippen molar-refractivity contribution in [1.82, 2.24) is 14.9 Å². The molecule has 7 nitrogen and oxygen atoms in total. The van der Waals surface area contributed by atoms with E-state index in [1.165, 1.54) is 22.7 Å². The monoisotopic (exact) mass is 331 g/mol. The fourth-order valence-corrected chi connectivity index (χ4v) is 5.07. The lowest BCUT2D eigenvalue weighted by Crippen LogP contribution is -2.46. The second-order valence-electron chi connectivity index (χ2n) is 4.63. The van der Waals surface area contributed by atoms with Gasteiger partial charge in [0.25, 0.3) is 10.0 Å². The third-order valence-electron chi connectivity index (χ3n) is 3.31. The molecule has 9 heteroatoms. The highest BCUT2D eigenvalue weighted by Crippen LogP contribution is 2.28. The molecule has 1 aliphatic heterocycles. The van der Waals surface area contributed by atoms with Crippen LogP contribution in [0.15, 0.2) is 21.7 Å². The Morgan fingerprint density at radius 2 is 2.19 bits per heavy atom. The van der Waals surface area contributed by atoms with E-state index in [4.69, 9.17) is 0 Å². The number of sulfonamides is 1. The van der Waals surface area contributed by atoms with Crippen LogP contribution in [0, 0.1) is 0 Å². The molecule has 2 rings (SSSR count). The van der Waals surface area contributed by atoms with Crippen LogP contribution in [0.5, 0.6) is 0 Å². The first-order valence-corrected chi connectivity index (χ1v) is 8.84. The Bertz CT molecular complexity index is 612. The molecule has 1 fully saturated rings. The molecule has 21 heavy (non-hydrogen) atoms. The summed E-state index contributed by atoms with van der Waals surface area (Å²) in [6, 6.07) is 2.94. The van der Waals surface area contributed by atoms with E-state index in [0.29, 0.717) is 17.2 Å². The van der Waals surface area contributed by atoms with E-state index in [1.54, 1.807) is 17.5 Å². The average molecular weight is 331 g/mol. The highest BCUT2D eigenvalue weighted by molar-refractivity contribution is 7.91. The lowest BCUT2D eigenvalue weighted by Gasteiger charge is -2.23. The van der Waals surface area contributed by atoms with Gasteiger partial charge in [0.15, 0.2) is 0 Å². The molecule has 2 amide bonds. The van der Waals surface area contributed by atoms with Gasteiger partial charge in [-0.15, -0.1) is 11.3 Å². The quantitative estimate of drug-likeness (QED) is 0.745. The molecule has 1 aliphatic rings. The third-order valence-corrected chi connectivity index (χ3v) is 6.64. The minimum Gasteiger partial charge on any atom is -0.351 e. The molecule has 2 N–H and O–H groups in total. The average Bonchev–Trinajstić information content (AvgIpc) is 3.14. The molecule has 116 valence electrons. The Morgan fingerprint density at radius 1 is 1.43 bits per heavy atom. The van der Waals surface area contributed by atoms with Gasteiger partial charge in [0, 0.05) is 26.2 Å². The van der Waals surface area contributed by atoms with Crippen molar-refractivity contribution in [3.8, 4) is 0 Å². The molecule has 1 saturated heterocycles. The maximum absolute atomic E-state index is 12.5. The SMILES string of the molecule is CNC(=O)C(=O)NC[C@H]1CCCN1S(=O)(=O)c1cccs1. The van der Waals surface area contributed by atoms with Gasteiger partial charge in [-0.25, -0.2) is 8.42 Å². The van der Waals surface area contributed by atoms with Gasteiger partial charge in [-0.05, 0) is 24.3 Å². The fraction of sp³-hybridized carbons (Fsp3) is 0.500. The van der Waals surface area contributed by atoms with Crippen LogP contribution in [-0.4, -0.2) is 50.7 Å². The highest BCUT2D eigenvalue weighted by Gasteiger charge is 2.36. The second kappa shape index (κ2) is 6.54. The number of amides is 2. The zero-order valence-corrected chi connectivity index (χ0v) is 13.2. The van der Waals surface area contributed by atoms with Crippen molar-refractivity contribution in [2.24, 2.45) is 0 Å². The zero-order valence-electron chi connectivity index (χ0n) is 11.5. The largest absolute Gasteiger partial charge is 0.351 e. The van der Waals surface area contributed by atoms with E-state index < -0.39 is 21.8 Å². The maximum atomic E-state index is 12.5. The number of nitrogens with one attached hydrogen (secondary N) is 2. The molecular formula is C12H17N3O4S2. The minimum atomic E-state index is -3.52. The highest BCUT2D eigenvalue weighted by atomic mass is 32.2. The Kier molecular flexibility index (Phi) is 4.96. The Hall–Kier alpha value is -1.45. The number of carbonyl (C=O) groups excluding carboxylic acids is 2. The first-order chi connectivity index (χ1) is 9.96. The Labute approximate surface area is 127 Å². The number of hydrogen-bond acceptors (Lipinski definition) is 5. The Balaban J connectivity index is 2.04. The fourth-order valence-electron chi connectivity index (χ4n) is 2.26. The molecule has 0 bridgehead atoms. The number of likely N-dealkylation sites (N-methyl/N-ethyl adjacent to an activating group) is 1. The van der Waals surface area contributed by atoms with Gasteiger partial charge in [-0.2, -0.15) is 4.31 Å². The zero-order chi connectivity index (χ0) is 15.5. The first kappa shape index (κ1) is 15.9. The van der Waals surface area contributed by atoms with Crippen molar-refractivity contribution < 1.29 is 18.0 Å². The number of carbonyl (C=O) groups is 2. The summed E-state index contributed by atoms with van der Waals surface area (Å²) in [5.41, 5.74) is 0. The molecule has 0 saturated carbocycles. The smallest absolute Gasteiger partial charge is 0.309 e. The predicted molar refractivity (Wildman–Crippen MR) is 78.3 cm³/mol. The summed E-state index contributed by atoms with van der Waals surface area (Å²) in [7, 11) is -2.15. The summed E-state index contributed by atoms with van der Waals surface area (Å²) in [6.45, 7) is 0.567. The number of hydrogen-bond donors (Lipinski definition) is 2. The summed E-state index contributed by atoms with van der Waals surface area (Å²) in [4.78, 5) is 22.6. The van der Waals surface area contributed by atoms with Crippen molar-refractivity contribution >= 4 is 33.2 Å². The molecule has 1 atom stereocenters. The van der Waals surface area contributed by atoms with Crippen LogP contribution in [0.25, 0.3) is 0 Å². The van der Waals surface area contributed by atoms with Crippen LogP contribution in [0.1, 0.15) is 12.8 Å². The normalized spacial score (nSPS) is 19.4. The van der Waals surface area contributed by atoms with E-state index in [2.05, 4.69) is 10.6 Å². The lowest BCUT2D eigenvalue weighted by molar-refractivity contribution is -0.138. The van der Waals surface area contributed by atoms with Gasteiger partial charge in [0.2, 0.25) is 0 Å². The van der Waals surface area contributed by atoms with Gasteiger partial charge in [-0.3, -0.25) is 9.59 Å². The number of rotatable bonds is 4. The minimum absolute atomic E-state index is 0.136. The molecule has 2 heterocycles. The summed E-state index contributed by atoms with van der Waals surface area (Å²) in [5.74, 6) is -1.49. The van der Waals surface area contributed by atoms with Crippen LogP contribution in [0.2, 0.25) is 0 Å². The lowest BCUT2D eigenvalue weighted by atomic mass is 10.2. The summed E-state index contributed by atoms with van der Waals surface area (Å²) in [5, 5.41) is 6.41.